The molecule has 1 aliphatic heterocycles. The summed E-state index contributed by atoms with van der Waals surface area (Å²) < 4.78 is 0. The Labute approximate surface area is 194 Å². The molecular weight excluding hydrogens is 410 g/mol. The number of hydrogen-bond donors (Lipinski definition) is 5. The molecule has 0 aromatic carbocycles. The Morgan fingerprint density at radius 3 is 2.06 bits per heavy atom. The quantitative estimate of drug-likeness (QED) is 0.188. The Morgan fingerprint density at radius 2 is 1.44 bits per heavy atom. The first-order chi connectivity index (χ1) is 15.4. The number of aliphatic hydroxyl groups excluding tert-OH is 3. The highest BCUT2D eigenvalue weighted by Crippen LogP contribution is 2.12. The second-order valence-corrected chi connectivity index (χ2v) is 9.33. The van der Waals surface area contributed by atoms with Crippen LogP contribution in [0.5, 0.6) is 0 Å². The molecule has 1 saturated heterocycles. The van der Waals surface area contributed by atoms with Crippen LogP contribution >= 0.6 is 0 Å². The van der Waals surface area contributed by atoms with Crippen molar-refractivity contribution in [1.29, 1.82) is 0 Å². The van der Waals surface area contributed by atoms with Crippen LogP contribution in [0, 0.1) is 0 Å². The van der Waals surface area contributed by atoms with E-state index in [0.717, 1.165) is 38.6 Å². The molecule has 188 valence electrons. The number of nitrogens with one attached hydrogen (secondary N) is 2. The normalized spacial score (nSPS) is 20.8. The standard InChI is InChI=1S/C24H47N3O5/c1-3-4-5-6-7-8-9-10-13-20(30)17-27(16-19(2)29)15-12-11-14-21-23(31)26-22(18-28)24(32)25-21/h19-22,28-30H,3-18H2,1-2H3,(H,25,32)(H,26,31). The van der Waals surface area contributed by atoms with Crippen molar-refractivity contribution in [2.45, 2.75) is 115 Å². The van der Waals surface area contributed by atoms with Crippen molar-refractivity contribution in [3.63, 3.8) is 0 Å². The highest BCUT2D eigenvalue weighted by atomic mass is 16.3. The summed E-state index contributed by atoms with van der Waals surface area (Å²) in [4.78, 5) is 25.9. The number of amides is 2. The first-order valence-corrected chi connectivity index (χ1v) is 12.7. The number of rotatable bonds is 19. The van der Waals surface area contributed by atoms with Gasteiger partial charge < -0.3 is 26.0 Å². The van der Waals surface area contributed by atoms with Gasteiger partial charge in [0.05, 0.1) is 18.8 Å². The number of unbranched alkanes of at least 4 members (excludes halogenated alkanes) is 8. The number of hydrogen-bond acceptors (Lipinski definition) is 6. The molecule has 1 rings (SSSR count). The van der Waals surface area contributed by atoms with Gasteiger partial charge in [-0.3, -0.25) is 14.5 Å². The molecular formula is C24H47N3O5. The lowest BCUT2D eigenvalue weighted by Gasteiger charge is -2.29. The molecule has 1 heterocycles. The molecule has 2 amide bonds. The van der Waals surface area contributed by atoms with E-state index in [0.29, 0.717) is 19.5 Å². The number of aliphatic hydroxyl groups is 3. The molecule has 0 aromatic heterocycles. The predicted molar refractivity (Wildman–Crippen MR) is 126 cm³/mol. The molecule has 1 aliphatic rings. The van der Waals surface area contributed by atoms with Gasteiger partial charge in [-0.25, -0.2) is 0 Å². The summed E-state index contributed by atoms with van der Waals surface area (Å²) in [5, 5.41) is 34.5. The average Bonchev–Trinajstić information content (AvgIpc) is 2.74. The minimum atomic E-state index is -0.858. The second-order valence-electron chi connectivity index (χ2n) is 9.33. The maximum Gasteiger partial charge on any atom is 0.245 e. The average molecular weight is 458 g/mol. The number of carbonyl (C=O) groups excluding carboxylic acids is 2. The molecule has 0 spiro atoms. The zero-order chi connectivity index (χ0) is 23.8. The topological polar surface area (TPSA) is 122 Å². The Morgan fingerprint density at radius 1 is 0.844 bits per heavy atom. The lowest BCUT2D eigenvalue weighted by Crippen LogP contribution is -2.62. The van der Waals surface area contributed by atoms with Crippen LogP contribution in [0.15, 0.2) is 0 Å². The Hall–Kier alpha value is -1.22. The zero-order valence-electron chi connectivity index (χ0n) is 20.2. The number of carbonyl (C=O) groups is 2. The molecule has 8 nitrogen and oxygen atoms in total. The highest BCUT2D eigenvalue weighted by molar-refractivity contribution is 5.96. The fraction of sp³-hybridized carbons (Fsp3) is 0.917. The first kappa shape index (κ1) is 28.8. The fourth-order valence-corrected chi connectivity index (χ4v) is 4.23. The van der Waals surface area contributed by atoms with Gasteiger partial charge in [0.1, 0.15) is 12.1 Å². The van der Waals surface area contributed by atoms with E-state index in [4.69, 9.17) is 5.11 Å². The van der Waals surface area contributed by atoms with Crippen molar-refractivity contribution in [2.75, 3.05) is 26.2 Å². The van der Waals surface area contributed by atoms with Crippen LogP contribution in [-0.2, 0) is 9.59 Å². The van der Waals surface area contributed by atoms with E-state index in [1.54, 1.807) is 6.92 Å². The summed E-state index contributed by atoms with van der Waals surface area (Å²) in [5.74, 6) is -0.609. The molecule has 5 N–H and O–H groups in total. The smallest absolute Gasteiger partial charge is 0.245 e. The second kappa shape index (κ2) is 17.3. The molecule has 32 heavy (non-hydrogen) atoms. The van der Waals surface area contributed by atoms with Crippen LogP contribution < -0.4 is 10.6 Å². The van der Waals surface area contributed by atoms with Gasteiger partial charge >= 0.3 is 0 Å². The highest BCUT2D eigenvalue weighted by Gasteiger charge is 2.32. The van der Waals surface area contributed by atoms with Crippen molar-refractivity contribution in [1.82, 2.24) is 15.5 Å². The summed E-state index contributed by atoms with van der Waals surface area (Å²) in [6.07, 6.45) is 11.9. The first-order valence-electron chi connectivity index (χ1n) is 12.7. The van der Waals surface area contributed by atoms with Gasteiger partial charge in [-0.1, -0.05) is 58.3 Å². The van der Waals surface area contributed by atoms with E-state index < -0.39 is 30.9 Å². The number of nitrogens with zero attached hydrogens (tertiary/aromatic N) is 1. The Bertz CT molecular complexity index is 518. The third-order valence-electron chi connectivity index (χ3n) is 6.05. The summed E-state index contributed by atoms with van der Waals surface area (Å²) in [5.41, 5.74) is 0. The maximum absolute atomic E-state index is 12.0. The van der Waals surface area contributed by atoms with E-state index in [-0.39, 0.29) is 11.8 Å². The zero-order valence-corrected chi connectivity index (χ0v) is 20.2. The fourth-order valence-electron chi connectivity index (χ4n) is 4.23. The van der Waals surface area contributed by atoms with Crippen molar-refractivity contribution in [2.24, 2.45) is 0 Å². The van der Waals surface area contributed by atoms with Gasteiger partial charge in [-0.2, -0.15) is 0 Å². The van der Waals surface area contributed by atoms with Crippen molar-refractivity contribution in [3.05, 3.63) is 0 Å². The van der Waals surface area contributed by atoms with Gasteiger partial charge in [-0.15, -0.1) is 0 Å². The van der Waals surface area contributed by atoms with Gasteiger partial charge in [0, 0.05) is 13.1 Å². The molecule has 4 atom stereocenters. The van der Waals surface area contributed by atoms with E-state index in [1.165, 1.54) is 38.5 Å². The molecule has 0 radical (unpaired) electrons. The van der Waals surface area contributed by atoms with Gasteiger partial charge in [-0.05, 0) is 39.2 Å². The molecule has 0 saturated carbocycles. The Kier molecular flexibility index (Phi) is 15.6. The minimum absolute atomic E-state index is 0.259. The molecule has 0 bridgehead atoms. The molecule has 8 heteroatoms. The molecule has 4 unspecified atom stereocenters. The lowest BCUT2D eigenvalue weighted by atomic mass is 10.0. The van der Waals surface area contributed by atoms with Gasteiger partial charge in [0.15, 0.2) is 0 Å². The van der Waals surface area contributed by atoms with Crippen LogP contribution in [0.25, 0.3) is 0 Å². The van der Waals surface area contributed by atoms with Crippen LogP contribution in [0.4, 0.5) is 0 Å². The monoisotopic (exact) mass is 457 g/mol. The summed E-state index contributed by atoms with van der Waals surface area (Å²) in [6.45, 7) is 5.34. The summed E-state index contributed by atoms with van der Waals surface area (Å²) in [7, 11) is 0. The van der Waals surface area contributed by atoms with E-state index in [9.17, 15) is 19.8 Å². The molecule has 0 aliphatic carbocycles. The van der Waals surface area contributed by atoms with E-state index >= 15 is 0 Å². The summed E-state index contributed by atoms with van der Waals surface area (Å²) in [6, 6.07) is -1.43. The van der Waals surface area contributed by atoms with Gasteiger partial charge in [0.2, 0.25) is 11.8 Å². The van der Waals surface area contributed by atoms with Crippen LogP contribution in [0.2, 0.25) is 0 Å². The molecule has 0 aromatic rings. The van der Waals surface area contributed by atoms with Crippen LogP contribution in [-0.4, -0.2) is 82.6 Å². The summed E-state index contributed by atoms with van der Waals surface area (Å²) >= 11 is 0. The third kappa shape index (κ3) is 12.7. The van der Waals surface area contributed by atoms with Crippen molar-refractivity contribution >= 4 is 11.8 Å². The minimum Gasteiger partial charge on any atom is -0.394 e. The third-order valence-corrected chi connectivity index (χ3v) is 6.05. The maximum atomic E-state index is 12.0. The number of piperazine rings is 1. The predicted octanol–water partition coefficient (Wildman–Crippen LogP) is 1.71. The van der Waals surface area contributed by atoms with E-state index in [2.05, 4.69) is 22.5 Å². The largest absolute Gasteiger partial charge is 0.394 e. The lowest BCUT2D eigenvalue weighted by molar-refractivity contribution is -0.137. The van der Waals surface area contributed by atoms with Gasteiger partial charge in [0.25, 0.3) is 0 Å². The Balaban J connectivity index is 2.23. The van der Waals surface area contributed by atoms with Crippen LogP contribution in [0.3, 0.4) is 0 Å². The van der Waals surface area contributed by atoms with Crippen molar-refractivity contribution < 1.29 is 24.9 Å². The van der Waals surface area contributed by atoms with E-state index in [1.807, 2.05) is 0 Å². The van der Waals surface area contributed by atoms with Crippen molar-refractivity contribution in [3.8, 4) is 0 Å². The van der Waals surface area contributed by atoms with Crippen LogP contribution in [0.1, 0.15) is 90.9 Å². The molecule has 1 fully saturated rings. The SMILES string of the molecule is CCCCCCCCCCC(O)CN(CCCCC1NC(=O)C(CO)NC1=O)CC(C)O.